The van der Waals surface area contributed by atoms with Crippen LogP contribution in [0.4, 0.5) is 0 Å². The van der Waals surface area contributed by atoms with E-state index in [1.807, 2.05) is 25.3 Å². The highest BCUT2D eigenvalue weighted by Gasteiger charge is 2.25. The van der Waals surface area contributed by atoms with Gasteiger partial charge in [0.2, 0.25) is 0 Å². The summed E-state index contributed by atoms with van der Waals surface area (Å²) in [5.74, 6) is 2.04. The Morgan fingerprint density at radius 3 is 2.95 bits per heavy atom. The predicted octanol–water partition coefficient (Wildman–Crippen LogP) is 3.71. The zero-order valence-corrected chi connectivity index (χ0v) is 11.4. The van der Waals surface area contributed by atoms with Crippen LogP contribution in [-0.4, -0.2) is 16.4 Å². The van der Waals surface area contributed by atoms with Crippen LogP contribution in [0.1, 0.15) is 42.5 Å². The second-order valence-corrected chi connectivity index (χ2v) is 5.25. The van der Waals surface area contributed by atoms with E-state index >= 15 is 0 Å². The van der Waals surface area contributed by atoms with E-state index in [0.29, 0.717) is 6.04 Å². The minimum absolute atomic E-state index is 0.431. The first kappa shape index (κ1) is 12.4. The highest BCUT2D eigenvalue weighted by molar-refractivity contribution is 5.11. The van der Waals surface area contributed by atoms with E-state index in [1.54, 1.807) is 0 Å². The van der Waals surface area contributed by atoms with E-state index in [9.17, 15) is 0 Å². The van der Waals surface area contributed by atoms with Gasteiger partial charge in [0.15, 0.2) is 0 Å². The third kappa shape index (κ3) is 2.87. The smallest absolute Gasteiger partial charge is 0.118 e. The number of hydrogen-bond acceptors (Lipinski definition) is 3. The fourth-order valence-electron chi connectivity index (χ4n) is 2.86. The number of furan rings is 1. The molecule has 100 valence electrons. The van der Waals surface area contributed by atoms with Gasteiger partial charge in [-0.25, -0.2) is 0 Å². The van der Waals surface area contributed by atoms with Crippen molar-refractivity contribution in [3.8, 4) is 0 Å². The zero-order valence-electron chi connectivity index (χ0n) is 11.4. The summed E-state index contributed by atoms with van der Waals surface area (Å²) in [5, 5.41) is 0. The minimum Gasteiger partial charge on any atom is -0.465 e. The van der Waals surface area contributed by atoms with Crippen molar-refractivity contribution in [3.05, 3.63) is 53.7 Å². The maximum absolute atomic E-state index is 5.71. The van der Waals surface area contributed by atoms with E-state index in [-0.39, 0.29) is 0 Å². The Morgan fingerprint density at radius 1 is 1.26 bits per heavy atom. The lowest BCUT2D eigenvalue weighted by Gasteiger charge is -2.34. The maximum Gasteiger partial charge on any atom is 0.118 e. The van der Waals surface area contributed by atoms with E-state index in [4.69, 9.17) is 4.42 Å². The van der Waals surface area contributed by atoms with Gasteiger partial charge in [-0.05, 0) is 50.6 Å². The van der Waals surface area contributed by atoms with Crippen molar-refractivity contribution < 1.29 is 4.42 Å². The van der Waals surface area contributed by atoms with E-state index in [0.717, 1.165) is 24.6 Å². The molecule has 1 aliphatic rings. The average Bonchev–Trinajstić information content (AvgIpc) is 2.86. The molecular formula is C16H20N2O. The third-order valence-corrected chi connectivity index (χ3v) is 3.80. The molecule has 0 spiro atoms. The fourth-order valence-corrected chi connectivity index (χ4v) is 2.86. The first-order chi connectivity index (χ1) is 9.33. The SMILES string of the molecule is Cc1ccc(CN2CCCCC2c2ccccn2)o1. The Morgan fingerprint density at radius 2 is 2.21 bits per heavy atom. The Bertz CT molecular complexity index is 521. The molecule has 0 N–H and O–H groups in total. The highest BCUT2D eigenvalue weighted by Crippen LogP contribution is 2.31. The molecule has 3 rings (SSSR count). The summed E-state index contributed by atoms with van der Waals surface area (Å²) < 4.78 is 5.71. The van der Waals surface area contributed by atoms with Crippen LogP contribution in [0.3, 0.4) is 0 Å². The van der Waals surface area contributed by atoms with Crippen molar-refractivity contribution in [2.45, 2.75) is 38.8 Å². The van der Waals surface area contributed by atoms with Crippen LogP contribution >= 0.6 is 0 Å². The van der Waals surface area contributed by atoms with Gasteiger partial charge in [-0.1, -0.05) is 12.5 Å². The molecule has 19 heavy (non-hydrogen) atoms. The largest absolute Gasteiger partial charge is 0.465 e. The fraction of sp³-hybridized carbons (Fsp3) is 0.438. The summed E-state index contributed by atoms with van der Waals surface area (Å²) in [6, 6.07) is 10.7. The average molecular weight is 256 g/mol. The van der Waals surface area contributed by atoms with Crippen molar-refractivity contribution in [1.82, 2.24) is 9.88 Å². The van der Waals surface area contributed by atoms with Crippen LogP contribution in [0, 0.1) is 6.92 Å². The summed E-state index contributed by atoms with van der Waals surface area (Å²) in [5.41, 5.74) is 1.19. The van der Waals surface area contributed by atoms with Gasteiger partial charge >= 0.3 is 0 Å². The van der Waals surface area contributed by atoms with E-state index in [1.165, 1.54) is 25.0 Å². The molecule has 1 atom stereocenters. The van der Waals surface area contributed by atoms with Gasteiger partial charge in [0.05, 0.1) is 18.3 Å². The Hall–Kier alpha value is -1.61. The molecule has 2 aromatic rings. The molecule has 3 nitrogen and oxygen atoms in total. The van der Waals surface area contributed by atoms with Crippen LogP contribution in [0.25, 0.3) is 0 Å². The van der Waals surface area contributed by atoms with Crippen molar-refractivity contribution in [2.24, 2.45) is 0 Å². The van der Waals surface area contributed by atoms with Crippen LogP contribution in [0.15, 0.2) is 40.9 Å². The van der Waals surface area contributed by atoms with Crippen LogP contribution < -0.4 is 0 Å². The lowest BCUT2D eigenvalue weighted by molar-refractivity contribution is 0.127. The van der Waals surface area contributed by atoms with Crippen LogP contribution in [0.5, 0.6) is 0 Å². The normalized spacial score (nSPS) is 20.6. The predicted molar refractivity (Wildman–Crippen MR) is 74.7 cm³/mol. The standard InChI is InChI=1S/C16H20N2O/c1-13-8-9-14(19-13)12-18-11-5-3-7-16(18)15-6-2-4-10-17-15/h2,4,6,8-10,16H,3,5,7,11-12H2,1H3. The molecule has 0 aliphatic carbocycles. The summed E-state index contributed by atoms with van der Waals surface area (Å²) >= 11 is 0. The first-order valence-electron chi connectivity index (χ1n) is 7.03. The lowest BCUT2D eigenvalue weighted by Crippen LogP contribution is -2.33. The molecule has 1 aliphatic heterocycles. The van der Waals surface area contributed by atoms with Crippen molar-refractivity contribution in [1.29, 1.82) is 0 Å². The van der Waals surface area contributed by atoms with Gasteiger partial charge in [-0.3, -0.25) is 9.88 Å². The summed E-state index contributed by atoms with van der Waals surface area (Å²) in [6.45, 7) is 4.01. The van der Waals surface area contributed by atoms with Crippen LogP contribution in [-0.2, 0) is 6.54 Å². The molecule has 0 saturated carbocycles. The van der Waals surface area contributed by atoms with Crippen molar-refractivity contribution in [2.75, 3.05) is 6.54 Å². The maximum atomic E-state index is 5.71. The second-order valence-electron chi connectivity index (χ2n) is 5.25. The molecule has 1 fully saturated rings. The zero-order chi connectivity index (χ0) is 13.1. The Balaban J connectivity index is 1.77. The van der Waals surface area contributed by atoms with Crippen molar-refractivity contribution >= 4 is 0 Å². The van der Waals surface area contributed by atoms with E-state index < -0.39 is 0 Å². The Labute approximate surface area is 114 Å². The molecule has 3 heteroatoms. The van der Waals surface area contributed by atoms with Crippen LogP contribution in [0.2, 0.25) is 0 Å². The number of rotatable bonds is 3. The quantitative estimate of drug-likeness (QED) is 0.838. The molecule has 0 aromatic carbocycles. The van der Waals surface area contributed by atoms with Gasteiger partial charge in [0.1, 0.15) is 11.5 Å². The van der Waals surface area contributed by atoms with Gasteiger partial charge in [-0.15, -0.1) is 0 Å². The minimum atomic E-state index is 0.431. The number of nitrogens with zero attached hydrogens (tertiary/aromatic N) is 2. The third-order valence-electron chi connectivity index (χ3n) is 3.80. The molecule has 3 heterocycles. The topological polar surface area (TPSA) is 29.3 Å². The molecule has 2 aromatic heterocycles. The number of likely N-dealkylation sites (tertiary alicyclic amines) is 1. The van der Waals surface area contributed by atoms with Gasteiger partial charge in [-0.2, -0.15) is 0 Å². The monoisotopic (exact) mass is 256 g/mol. The summed E-state index contributed by atoms with van der Waals surface area (Å²) in [6.07, 6.45) is 5.63. The number of hydrogen-bond donors (Lipinski definition) is 0. The number of pyridine rings is 1. The molecular weight excluding hydrogens is 236 g/mol. The molecule has 1 saturated heterocycles. The Kier molecular flexibility index (Phi) is 3.65. The van der Waals surface area contributed by atoms with Gasteiger partial charge in [0, 0.05) is 6.20 Å². The van der Waals surface area contributed by atoms with Gasteiger partial charge < -0.3 is 4.42 Å². The molecule has 0 radical (unpaired) electrons. The summed E-state index contributed by atoms with van der Waals surface area (Å²) in [7, 11) is 0. The number of aromatic nitrogens is 1. The van der Waals surface area contributed by atoms with E-state index in [2.05, 4.69) is 28.1 Å². The molecule has 0 amide bonds. The number of piperidine rings is 1. The lowest BCUT2D eigenvalue weighted by atomic mass is 9.98. The molecule has 0 bridgehead atoms. The second kappa shape index (κ2) is 5.57. The summed E-state index contributed by atoms with van der Waals surface area (Å²) in [4.78, 5) is 7.02. The number of aryl methyl sites for hydroxylation is 1. The van der Waals surface area contributed by atoms with Crippen molar-refractivity contribution in [3.63, 3.8) is 0 Å². The first-order valence-corrected chi connectivity index (χ1v) is 7.03. The van der Waals surface area contributed by atoms with Gasteiger partial charge in [0.25, 0.3) is 0 Å². The highest BCUT2D eigenvalue weighted by atomic mass is 16.3. The molecule has 1 unspecified atom stereocenters.